The summed E-state index contributed by atoms with van der Waals surface area (Å²) in [5.74, 6) is 1.88. The Kier molecular flexibility index (Phi) is 4.70. The Morgan fingerprint density at radius 2 is 2.35 bits per heavy atom. The van der Waals surface area contributed by atoms with E-state index in [2.05, 4.69) is 36.1 Å². The highest BCUT2D eigenvalue weighted by molar-refractivity contribution is 8.13. The van der Waals surface area contributed by atoms with Crippen LogP contribution < -0.4 is 5.32 Å². The molecule has 2 fully saturated rings. The van der Waals surface area contributed by atoms with Gasteiger partial charge in [-0.25, -0.2) is 0 Å². The average molecular weight is 257 g/mol. The summed E-state index contributed by atoms with van der Waals surface area (Å²) in [6.45, 7) is 8.15. The van der Waals surface area contributed by atoms with E-state index in [0.717, 1.165) is 37.3 Å². The largest absolute Gasteiger partial charge is 0.374 e. The zero-order valence-corrected chi connectivity index (χ0v) is 11.8. The van der Waals surface area contributed by atoms with Crippen molar-refractivity contribution in [3.05, 3.63) is 0 Å². The lowest BCUT2D eigenvalue weighted by Gasteiger charge is -2.30. The Morgan fingerprint density at radius 3 is 3.06 bits per heavy atom. The normalized spacial score (nSPS) is 38.1. The number of thioether (sulfide) groups is 1. The molecule has 0 aromatic rings. The number of morpholine rings is 1. The molecule has 0 saturated carbocycles. The number of hydrogen-bond donors (Lipinski definition) is 1. The van der Waals surface area contributed by atoms with Crippen molar-refractivity contribution in [2.45, 2.75) is 26.0 Å². The van der Waals surface area contributed by atoms with Gasteiger partial charge in [0.25, 0.3) is 0 Å². The molecule has 2 saturated heterocycles. The van der Waals surface area contributed by atoms with Crippen LogP contribution in [0.4, 0.5) is 0 Å². The molecule has 0 amide bonds. The van der Waals surface area contributed by atoms with Crippen LogP contribution in [0.15, 0.2) is 4.99 Å². The smallest absolute Gasteiger partial charge is 0.156 e. The number of nitrogens with zero attached hydrogens (tertiary/aromatic N) is 2. The molecule has 2 aliphatic rings. The zero-order valence-electron chi connectivity index (χ0n) is 11.0. The fourth-order valence-electron chi connectivity index (χ4n) is 1.99. The van der Waals surface area contributed by atoms with Crippen LogP contribution in [0, 0.1) is 5.92 Å². The van der Waals surface area contributed by atoms with Gasteiger partial charge in [-0.05, 0) is 19.9 Å². The highest BCUT2D eigenvalue weighted by Crippen LogP contribution is 2.19. The Bertz CT molecular complexity index is 285. The maximum atomic E-state index is 5.70. The monoisotopic (exact) mass is 257 g/mol. The first kappa shape index (κ1) is 13.2. The minimum absolute atomic E-state index is 0.262. The molecule has 2 rings (SSSR count). The van der Waals surface area contributed by atoms with Crippen LogP contribution in [0.3, 0.4) is 0 Å². The summed E-state index contributed by atoms with van der Waals surface area (Å²) in [7, 11) is 2.14. The van der Waals surface area contributed by atoms with Crippen molar-refractivity contribution in [1.29, 1.82) is 0 Å². The van der Waals surface area contributed by atoms with Gasteiger partial charge in [0.1, 0.15) is 0 Å². The molecule has 3 atom stereocenters. The van der Waals surface area contributed by atoms with Crippen molar-refractivity contribution in [1.82, 2.24) is 10.2 Å². The maximum absolute atomic E-state index is 5.70. The van der Waals surface area contributed by atoms with Crippen LogP contribution in [-0.2, 0) is 4.74 Å². The summed E-state index contributed by atoms with van der Waals surface area (Å²) in [5, 5.41) is 4.55. The van der Waals surface area contributed by atoms with Gasteiger partial charge >= 0.3 is 0 Å². The number of hydrogen-bond acceptors (Lipinski definition) is 4. The number of amidine groups is 1. The van der Waals surface area contributed by atoms with Crippen LogP contribution in [0.2, 0.25) is 0 Å². The first-order valence-electron chi connectivity index (χ1n) is 6.39. The predicted octanol–water partition coefficient (Wildman–Crippen LogP) is 1.03. The molecule has 3 unspecified atom stereocenters. The number of rotatable bonds is 2. The van der Waals surface area contributed by atoms with Gasteiger partial charge in [-0.1, -0.05) is 18.7 Å². The third-order valence-electron chi connectivity index (χ3n) is 3.47. The number of likely N-dealkylation sites (N-methyl/N-ethyl adjacent to an activating group) is 1. The Labute approximate surface area is 108 Å². The van der Waals surface area contributed by atoms with Gasteiger partial charge in [0, 0.05) is 24.9 Å². The lowest BCUT2D eigenvalue weighted by atomic mass is 10.1. The molecule has 0 spiro atoms. The van der Waals surface area contributed by atoms with E-state index in [0.29, 0.717) is 6.04 Å². The highest BCUT2D eigenvalue weighted by atomic mass is 32.2. The minimum Gasteiger partial charge on any atom is -0.374 e. The molecule has 4 nitrogen and oxygen atoms in total. The quantitative estimate of drug-likeness (QED) is 0.802. The second kappa shape index (κ2) is 6.07. The second-order valence-electron chi connectivity index (χ2n) is 5.12. The van der Waals surface area contributed by atoms with Gasteiger partial charge in [0.05, 0.1) is 19.3 Å². The molecule has 2 aliphatic heterocycles. The van der Waals surface area contributed by atoms with Crippen LogP contribution in [-0.4, -0.2) is 61.3 Å². The van der Waals surface area contributed by atoms with Crippen LogP contribution in [0.5, 0.6) is 0 Å². The van der Waals surface area contributed by atoms with Gasteiger partial charge in [-0.3, -0.25) is 4.99 Å². The molecule has 1 N–H and O–H groups in total. The Morgan fingerprint density at radius 1 is 1.53 bits per heavy atom. The molecule has 0 radical (unpaired) electrons. The van der Waals surface area contributed by atoms with Crippen LogP contribution >= 0.6 is 11.8 Å². The molecule has 0 bridgehead atoms. The van der Waals surface area contributed by atoms with Gasteiger partial charge in [0.15, 0.2) is 5.17 Å². The van der Waals surface area contributed by atoms with Crippen LogP contribution in [0.25, 0.3) is 0 Å². The molecule has 0 aromatic carbocycles. The van der Waals surface area contributed by atoms with Crippen LogP contribution in [0.1, 0.15) is 13.8 Å². The number of nitrogens with one attached hydrogen (secondary N) is 1. The molecule has 0 aliphatic carbocycles. The van der Waals surface area contributed by atoms with Crippen molar-refractivity contribution >= 4 is 16.9 Å². The van der Waals surface area contributed by atoms with E-state index in [-0.39, 0.29) is 6.10 Å². The lowest BCUT2D eigenvalue weighted by molar-refractivity contribution is -0.0135. The lowest BCUT2D eigenvalue weighted by Crippen LogP contribution is -2.43. The van der Waals surface area contributed by atoms with E-state index in [4.69, 9.17) is 4.74 Å². The van der Waals surface area contributed by atoms with Crippen molar-refractivity contribution in [3.8, 4) is 0 Å². The fourth-order valence-corrected chi connectivity index (χ4v) is 3.13. The van der Waals surface area contributed by atoms with Crippen molar-refractivity contribution < 1.29 is 4.74 Å². The van der Waals surface area contributed by atoms with Gasteiger partial charge in [0.2, 0.25) is 0 Å². The molecule has 0 aromatic heterocycles. The summed E-state index contributed by atoms with van der Waals surface area (Å²) in [5.41, 5.74) is 0. The maximum Gasteiger partial charge on any atom is 0.156 e. The molecule has 5 heteroatoms. The highest BCUT2D eigenvalue weighted by Gasteiger charge is 2.22. The van der Waals surface area contributed by atoms with E-state index in [9.17, 15) is 0 Å². The number of aliphatic imine (C=N–C) groups is 1. The van der Waals surface area contributed by atoms with Crippen molar-refractivity contribution in [3.63, 3.8) is 0 Å². The summed E-state index contributed by atoms with van der Waals surface area (Å²) in [4.78, 5) is 6.95. The second-order valence-corrected chi connectivity index (χ2v) is 6.13. The standard InChI is InChI=1S/C12H23N3OS/c1-9-8-17-12(14-10(9)2)13-6-11-7-15(3)4-5-16-11/h9-11H,4-8H2,1-3H3,(H,13,14). The molecule has 98 valence electrons. The predicted molar refractivity (Wildman–Crippen MR) is 73.8 cm³/mol. The minimum atomic E-state index is 0.262. The van der Waals surface area contributed by atoms with Gasteiger partial charge < -0.3 is 15.0 Å². The van der Waals surface area contributed by atoms with E-state index in [1.807, 2.05) is 11.8 Å². The SMILES string of the molecule is CC1CSC(=NCC2CN(C)CCO2)NC1C. The zero-order chi connectivity index (χ0) is 12.3. The van der Waals surface area contributed by atoms with E-state index in [1.54, 1.807) is 0 Å². The molecule has 17 heavy (non-hydrogen) atoms. The molecular formula is C12H23N3OS. The third kappa shape index (κ3) is 3.86. The van der Waals surface area contributed by atoms with Crippen molar-refractivity contribution in [2.75, 3.05) is 39.0 Å². The van der Waals surface area contributed by atoms with Crippen molar-refractivity contribution in [2.24, 2.45) is 10.9 Å². The topological polar surface area (TPSA) is 36.9 Å². The summed E-state index contributed by atoms with van der Waals surface area (Å²) in [6, 6.07) is 0.532. The summed E-state index contributed by atoms with van der Waals surface area (Å²) < 4.78 is 5.70. The summed E-state index contributed by atoms with van der Waals surface area (Å²) >= 11 is 1.83. The molecule has 2 heterocycles. The summed E-state index contributed by atoms with van der Waals surface area (Å²) in [6.07, 6.45) is 0.262. The number of ether oxygens (including phenoxy) is 1. The third-order valence-corrected chi connectivity index (χ3v) is 4.68. The van der Waals surface area contributed by atoms with E-state index in [1.165, 1.54) is 5.75 Å². The fraction of sp³-hybridized carbons (Fsp3) is 0.917. The Hall–Kier alpha value is -0.260. The first-order valence-corrected chi connectivity index (χ1v) is 7.37. The first-order chi connectivity index (χ1) is 8.15. The van der Waals surface area contributed by atoms with Gasteiger partial charge in [-0.2, -0.15) is 0 Å². The van der Waals surface area contributed by atoms with E-state index >= 15 is 0 Å². The van der Waals surface area contributed by atoms with Gasteiger partial charge in [-0.15, -0.1) is 0 Å². The van der Waals surface area contributed by atoms with E-state index < -0.39 is 0 Å². The average Bonchev–Trinajstić information content (AvgIpc) is 2.31. The molecular weight excluding hydrogens is 234 g/mol. The Balaban J connectivity index is 1.80.